The second-order valence-corrected chi connectivity index (χ2v) is 5.97. The number of ether oxygens (including phenoxy) is 1. The Bertz CT molecular complexity index is 753. The van der Waals surface area contributed by atoms with Gasteiger partial charge in [0, 0.05) is 0 Å². The van der Waals surface area contributed by atoms with E-state index in [2.05, 4.69) is 4.98 Å². The Hall–Kier alpha value is -1.83. The summed E-state index contributed by atoms with van der Waals surface area (Å²) in [6, 6.07) is 7.37. The minimum atomic E-state index is -0.0824. The van der Waals surface area contributed by atoms with Gasteiger partial charge in [0.1, 0.15) is 19.6 Å². The highest BCUT2D eigenvalue weighted by Crippen LogP contribution is 2.07. The molecule has 0 spiro atoms. The fraction of sp³-hybridized carbons (Fsp3) is 0.400. The van der Waals surface area contributed by atoms with Gasteiger partial charge in [-0.2, -0.15) is 0 Å². The van der Waals surface area contributed by atoms with Crippen LogP contribution in [-0.2, 0) is 17.8 Å². The van der Waals surface area contributed by atoms with E-state index >= 15 is 0 Å². The van der Waals surface area contributed by atoms with Crippen LogP contribution in [0.4, 0.5) is 0 Å². The van der Waals surface area contributed by atoms with E-state index in [0.29, 0.717) is 17.4 Å². The van der Waals surface area contributed by atoms with E-state index < -0.39 is 0 Å². The molecule has 1 aliphatic rings. The molecule has 7 heteroatoms. The number of hydrogen-bond acceptors (Lipinski definition) is 4. The molecule has 0 unspecified atom stereocenters. The number of fused-ring (bicyclic) bond motifs is 1. The molecule has 1 aromatic carbocycles. The van der Waals surface area contributed by atoms with Gasteiger partial charge in [0.2, 0.25) is 0 Å². The lowest BCUT2D eigenvalue weighted by molar-refractivity contribution is -0.922. The van der Waals surface area contributed by atoms with Gasteiger partial charge in [0.05, 0.1) is 35.6 Å². The normalized spacial score (nSPS) is 16.0. The van der Waals surface area contributed by atoms with Crippen molar-refractivity contribution >= 4 is 28.1 Å². The predicted octanol–water partition coefficient (Wildman–Crippen LogP) is -0.902. The molecule has 0 bridgehead atoms. The maximum atomic E-state index is 12.7. The number of rotatable bonds is 4. The summed E-state index contributed by atoms with van der Waals surface area (Å²) in [6.07, 6.45) is 0. The molecule has 1 fully saturated rings. The highest BCUT2D eigenvalue weighted by atomic mass is 32.1. The van der Waals surface area contributed by atoms with E-state index in [1.165, 1.54) is 4.90 Å². The van der Waals surface area contributed by atoms with Gasteiger partial charge in [-0.05, 0) is 12.1 Å². The average molecular weight is 319 g/mol. The largest absolute Gasteiger partial charge is 0.392 e. The van der Waals surface area contributed by atoms with Crippen molar-refractivity contribution in [3.63, 3.8) is 0 Å². The third kappa shape index (κ3) is 3.16. The zero-order chi connectivity index (χ0) is 15.5. The predicted molar refractivity (Wildman–Crippen MR) is 88.0 cm³/mol. The number of aromatic nitrogens is 2. The number of hydrogen-bond donors (Lipinski definition) is 2. The Labute approximate surface area is 133 Å². The Morgan fingerprint density at radius 2 is 2.09 bits per heavy atom. The van der Waals surface area contributed by atoms with Gasteiger partial charge < -0.3 is 15.4 Å². The molecule has 6 nitrogen and oxygen atoms in total. The zero-order valence-corrected chi connectivity index (χ0v) is 13.1. The molecular formula is C15H19N4O2S+. The van der Waals surface area contributed by atoms with Crippen molar-refractivity contribution in [2.45, 2.75) is 13.1 Å². The summed E-state index contributed by atoms with van der Waals surface area (Å²) >= 11 is 4.99. The summed E-state index contributed by atoms with van der Waals surface area (Å²) in [5.41, 5.74) is 6.29. The van der Waals surface area contributed by atoms with Crippen molar-refractivity contribution in [3.8, 4) is 0 Å². The molecule has 1 aliphatic heterocycles. The lowest BCUT2D eigenvalue weighted by Gasteiger charge is -2.24. The Morgan fingerprint density at radius 3 is 2.82 bits per heavy atom. The van der Waals surface area contributed by atoms with E-state index in [1.54, 1.807) is 10.6 Å². The molecule has 1 aromatic heterocycles. The summed E-state index contributed by atoms with van der Waals surface area (Å²) in [5.74, 6) is 0.730. The van der Waals surface area contributed by atoms with E-state index in [1.807, 2.05) is 18.2 Å². The van der Waals surface area contributed by atoms with Gasteiger partial charge in [-0.1, -0.05) is 24.4 Å². The molecule has 3 rings (SSSR count). The van der Waals surface area contributed by atoms with Crippen molar-refractivity contribution in [3.05, 3.63) is 40.4 Å². The van der Waals surface area contributed by atoms with E-state index in [0.717, 1.165) is 32.1 Å². The first kappa shape index (κ1) is 15.1. The van der Waals surface area contributed by atoms with E-state index in [4.69, 9.17) is 22.7 Å². The van der Waals surface area contributed by atoms with Gasteiger partial charge >= 0.3 is 0 Å². The van der Waals surface area contributed by atoms with Crippen LogP contribution in [0, 0.1) is 0 Å². The molecule has 3 N–H and O–H groups in total. The van der Waals surface area contributed by atoms with Crippen LogP contribution in [0.2, 0.25) is 0 Å². The van der Waals surface area contributed by atoms with Crippen LogP contribution >= 0.6 is 12.2 Å². The highest BCUT2D eigenvalue weighted by molar-refractivity contribution is 7.80. The summed E-state index contributed by atoms with van der Waals surface area (Å²) in [5, 5.41) is 0.597. The first-order valence-electron chi connectivity index (χ1n) is 7.33. The van der Waals surface area contributed by atoms with Crippen LogP contribution in [0.5, 0.6) is 0 Å². The first-order valence-corrected chi connectivity index (χ1v) is 7.74. The maximum Gasteiger partial charge on any atom is 0.261 e. The fourth-order valence-electron chi connectivity index (χ4n) is 2.73. The standard InChI is InChI=1S/C15H18N4O2S/c16-13(22)9-19-14(10-18-5-7-21-8-6-18)17-12-4-2-1-3-11(12)15(19)20/h1-4H,5-10H2,(H2,16,22)/p+1. The SMILES string of the molecule is NC(=S)Cn1c(C[NH+]2CCOCC2)nc2ccccc2c1=O. The molecule has 2 aromatic rings. The number of morpholine rings is 1. The number of para-hydroxylation sites is 1. The molecule has 1 saturated heterocycles. The topological polar surface area (TPSA) is 74.6 Å². The van der Waals surface area contributed by atoms with Crippen LogP contribution in [0.3, 0.4) is 0 Å². The second kappa shape index (κ2) is 6.51. The number of nitrogens with two attached hydrogens (primary N) is 1. The van der Waals surface area contributed by atoms with Gasteiger partial charge in [0.25, 0.3) is 5.56 Å². The third-order valence-electron chi connectivity index (χ3n) is 3.86. The minimum absolute atomic E-state index is 0.0824. The molecule has 2 heterocycles. The molecule has 116 valence electrons. The summed E-state index contributed by atoms with van der Waals surface area (Å²) in [6.45, 7) is 4.20. The van der Waals surface area contributed by atoms with E-state index in [9.17, 15) is 4.79 Å². The van der Waals surface area contributed by atoms with Crippen LogP contribution in [0.15, 0.2) is 29.1 Å². The van der Waals surface area contributed by atoms with Crippen molar-refractivity contribution in [2.75, 3.05) is 26.3 Å². The lowest BCUT2D eigenvalue weighted by atomic mass is 10.2. The van der Waals surface area contributed by atoms with Gasteiger partial charge in [-0.25, -0.2) is 4.98 Å². The zero-order valence-electron chi connectivity index (χ0n) is 12.2. The van der Waals surface area contributed by atoms with Crippen molar-refractivity contribution in [1.82, 2.24) is 9.55 Å². The molecule has 0 saturated carbocycles. The maximum absolute atomic E-state index is 12.7. The Balaban J connectivity index is 2.05. The molecule has 0 amide bonds. The number of benzene rings is 1. The molecular weight excluding hydrogens is 300 g/mol. The monoisotopic (exact) mass is 319 g/mol. The average Bonchev–Trinajstić information content (AvgIpc) is 2.52. The van der Waals surface area contributed by atoms with Gasteiger partial charge in [-0.15, -0.1) is 0 Å². The summed E-state index contributed by atoms with van der Waals surface area (Å²) in [4.78, 5) is 19.0. The Kier molecular flexibility index (Phi) is 4.47. The van der Waals surface area contributed by atoms with Crippen molar-refractivity contribution in [1.29, 1.82) is 0 Å². The van der Waals surface area contributed by atoms with Gasteiger partial charge in [0.15, 0.2) is 5.82 Å². The third-order valence-corrected chi connectivity index (χ3v) is 3.99. The lowest BCUT2D eigenvalue weighted by Crippen LogP contribution is -3.13. The first-order chi connectivity index (χ1) is 10.6. The van der Waals surface area contributed by atoms with Crippen LogP contribution in [0.1, 0.15) is 5.82 Å². The molecule has 0 atom stereocenters. The summed E-state index contributed by atoms with van der Waals surface area (Å²) in [7, 11) is 0. The molecule has 0 aliphatic carbocycles. The van der Waals surface area contributed by atoms with Crippen LogP contribution < -0.4 is 16.2 Å². The van der Waals surface area contributed by atoms with Crippen molar-refractivity contribution < 1.29 is 9.64 Å². The fourth-order valence-corrected chi connectivity index (χ4v) is 2.86. The minimum Gasteiger partial charge on any atom is -0.392 e. The smallest absolute Gasteiger partial charge is 0.261 e. The van der Waals surface area contributed by atoms with Crippen molar-refractivity contribution in [2.24, 2.45) is 5.73 Å². The molecule has 22 heavy (non-hydrogen) atoms. The highest BCUT2D eigenvalue weighted by Gasteiger charge is 2.19. The quantitative estimate of drug-likeness (QED) is 0.714. The van der Waals surface area contributed by atoms with Gasteiger partial charge in [-0.3, -0.25) is 9.36 Å². The number of nitrogens with one attached hydrogen (secondary N) is 1. The molecule has 0 radical (unpaired) electrons. The number of quaternary nitrogens is 1. The van der Waals surface area contributed by atoms with Crippen LogP contribution in [0.25, 0.3) is 10.9 Å². The number of thiocarbonyl (C=S) groups is 1. The summed E-state index contributed by atoms with van der Waals surface area (Å²) < 4.78 is 6.98. The number of nitrogens with zero attached hydrogens (tertiary/aromatic N) is 2. The van der Waals surface area contributed by atoms with E-state index in [-0.39, 0.29) is 17.1 Å². The van der Waals surface area contributed by atoms with Crippen LogP contribution in [-0.4, -0.2) is 40.8 Å². The second-order valence-electron chi connectivity index (χ2n) is 5.44. The Morgan fingerprint density at radius 1 is 1.36 bits per heavy atom.